The minimum Gasteiger partial charge on any atom is -0.496 e. The second-order valence-electron chi connectivity index (χ2n) is 3.72. The van der Waals surface area contributed by atoms with Crippen molar-refractivity contribution >= 4 is 34.3 Å². The average Bonchev–Trinajstić information content (AvgIpc) is 2.37. The molecule has 0 aromatic heterocycles. The molecule has 0 aliphatic rings. The van der Waals surface area contributed by atoms with E-state index in [-0.39, 0.29) is 24.6 Å². The summed E-state index contributed by atoms with van der Waals surface area (Å²) >= 11 is 3.17. The number of alkyl halides is 2. The van der Waals surface area contributed by atoms with Gasteiger partial charge in [-0.3, -0.25) is 0 Å². The maximum Gasteiger partial charge on any atom is 0.379 e. The number of halogens is 4. The van der Waals surface area contributed by atoms with Gasteiger partial charge in [-0.2, -0.15) is 8.78 Å². The van der Waals surface area contributed by atoms with E-state index >= 15 is 0 Å². The van der Waals surface area contributed by atoms with E-state index in [1.807, 2.05) is 0 Å². The minimum absolute atomic E-state index is 0. The number of nitrogens with two attached hydrogens (primary N) is 1. The van der Waals surface area contributed by atoms with Crippen LogP contribution in [-0.2, 0) is 9.53 Å². The molecule has 2 N–H and O–H groups in total. The standard InChI is InChI=1S/C12H14BrF2NO3.ClH/c1-3-19-11(17)12(14,15)10(16)7-4-5-9(18-2)8(13)6-7;/h4-6,10H,3,16H2,1-2H3;1H/t10-;/m1./s1. The van der Waals surface area contributed by atoms with Crippen LogP contribution in [0.5, 0.6) is 5.75 Å². The van der Waals surface area contributed by atoms with Crippen LogP contribution in [0, 0.1) is 0 Å². The van der Waals surface area contributed by atoms with E-state index in [9.17, 15) is 13.6 Å². The van der Waals surface area contributed by atoms with Crippen LogP contribution < -0.4 is 10.5 Å². The summed E-state index contributed by atoms with van der Waals surface area (Å²) in [5.41, 5.74) is 5.55. The zero-order valence-electron chi connectivity index (χ0n) is 10.9. The number of carbonyl (C=O) groups is 1. The molecule has 0 spiro atoms. The molecule has 0 radical (unpaired) electrons. The Morgan fingerprint density at radius 3 is 2.55 bits per heavy atom. The van der Waals surface area contributed by atoms with Gasteiger partial charge in [0.15, 0.2) is 0 Å². The molecule has 1 aromatic carbocycles. The van der Waals surface area contributed by atoms with Crippen molar-refractivity contribution in [3.8, 4) is 5.75 Å². The van der Waals surface area contributed by atoms with E-state index in [1.54, 1.807) is 0 Å². The zero-order chi connectivity index (χ0) is 14.6. The third-order valence-corrected chi connectivity index (χ3v) is 3.09. The molecule has 0 bridgehead atoms. The second-order valence-corrected chi connectivity index (χ2v) is 4.57. The fourth-order valence-corrected chi connectivity index (χ4v) is 2.00. The molecule has 1 rings (SSSR count). The van der Waals surface area contributed by atoms with E-state index < -0.39 is 17.9 Å². The summed E-state index contributed by atoms with van der Waals surface area (Å²) in [5.74, 6) is -4.94. The lowest BCUT2D eigenvalue weighted by Gasteiger charge is -2.22. The molecule has 0 saturated carbocycles. The highest BCUT2D eigenvalue weighted by atomic mass is 79.9. The summed E-state index contributed by atoms with van der Waals surface area (Å²) in [6.45, 7) is 1.32. The Balaban J connectivity index is 0.00000361. The summed E-state index contributed by atoms with van der Waals surface area (Å²) in [6.07, 6.45) is 0. The molecule has 1 atom stereocenters. The predicted molar refractivity (Wildman–Crippen MR) is 76.5 cm³/mol. The first-order chi connectivity index (χ1) is 8.84. The second kappa shape index (κ2) is 7.75. The maximum absolute atomic E-state index is 13.8. The van der Waals surface area contributed by atoms with Crippen LogP contribution in [0.4, 0.5) is 8.78 Å². The van der Waals surface area contributed by atoms with Crippen molar-refractivity contribution in [2.75, 3.05) is 13.7 Å². The van der Waals surface area contributed by atoms with Crippen LogP contribution >= 0.6 is 28.3 Å². The first kappa shape index (κ1) is 19.1. The van der Waals surface area contributed by atoms with E-state index in [1.165, 1.54) is 32.2 Å². The van der Waals surface area contributed by atoms with Crippen LogP contribution in [0.2, 0.25) is 0 Å². The Kier molecular flexibility index (Phi) is 7.40. The highest BCUT2D eigenvalue weighted by Crippen LogP contribution is 2.34. The highest BCUT2D eigenvalue weighted by Gasteiger charge is 2.47. The molecular formula is C12H15BrClF2NO3. The Hall–Kier alpha value is -0.920. The number of ether oxygens (including phenoxy) is 2. The molecule has 0 unspecified atom stereocenters. The van der Waals surface area contributed by atoms with Crippen molar-refractivity contribution in [2.45, 2.75) is 18.9 Å². The fourth-order valence-electron chi connectivity index (χ4n) is 1.44. The third kappa shape index (κ3) is 4.04. The number of hydrogen-bond donors (Lipinski definition) is 1. The van der Waals surface area contributed by atoms with Crippen molar-refractivity contribution in [3.05, 3.63) is 28.2 Å². The van der Waals surface area contributed by atoms with Crippen LogP contribution in [0.1, 0.15) is 18.5 Å². The third-order valence-electron chi connectivity index (χ3n) is 2.47. The van der Waals surface area contributed by atoms with Gasteiger partial charge in [0.1, 0.15) is 11.8 Å². The number of esters is 1. The quantitative estimate of drug-likeness (QED) is 0.805. The number of hydrogen-bond acceptors (Lipinski definition) is 4. The average molecular weight is 375 g/mol. The molecule has 0 saturated heterocycles. The van der Waals surface area contributed by atoms with Crippen molar-refractivity contribution < 1.29 is 23.0 Å². The fraction of sp³-hybridized carbons (Fsp3) is 0.417. The summed E-state index contributed by atoms with van der Waals surface area (Å²) < 4.78 is 37.3. The van der Waals surface area contributed by atoms with Crippen LogP contribution in [0.25, 0.3) is 0 Å². The Labute approximate surface area is 130 Å². The topological polar surface area (TPSA) is 61.5 Å². The van der Waals surface area contributed by atoms with Crippen molar-refractivity contribution in [1.29, 1.82) is 0 Å². The Morgan fingerprint density at radius 2 is 2.10 bits per heavy atom. The first-order valence-corrected chi connectivity index (χ1v) is 6.28. The normalized spacial score (nSPS) is 12.3. The smallest absolute Gasteiger partial charge is 0.379 e. The van der Waals surface area contributed by atoms with Gasteiger partial charge < -0.3 is 15.2 Å². The Bertz CT molecular complexity index is 474. The molecule has 0 heterocycles. The van der Waals surface area contributed by atoms with Crippen molar-refractivity contribution in [3.63, 3.8) is 0 Å². The Morgan fingerprint density at radius 1 is 1.50 bits per heavy atom. The first-order valence-electron chi connectivity index (χ1n) is 5.48. The zero-order valence-corrected chi connectivity index (χ0v) is 13.3. The van der Waals surface area contributed by atoms with Gasteiger partial charge in [-0.05, 0) is 40.5 Å². The maximum atomic E-state index is 13.8. The molecule has 20 heavy (non-hydrogen) atoms. The van der Waals surface area contributed by atoms with Gasteiger partial charge in [-0.25, -0.2) is 4.79 Å². The van der Waals surface area contributed by atoms with Gasteiger partial charge in [-0.15, -0.1) is 12.4 Å². The van der Waals surface area contributed by atoms with Gasteiger partial charge in [0.25, 0.3) is 0 Å². The van der Waals surface area contributed by atoms with Crippen LogP contribution in [-0.4, -0.2) is 25.6 Å². The summed E-state index contributed by atoms with van der Waals surface area (Å²) in [5, 5.41) is 0. The van der Waals surface area contributed by atoms with E-state index in [4.69, 9.17) is 10.5 Å². The van der Waals surface area contributed by atoms with Gasteiger partial charge >= 0.3 is 11.9 Å². The van der Waals surface area contributed by atoms with Crippen LogP contribution in [0.3, 0.4) is 0 Å². The summed E-state index contributed by atoms with van der Waals surface area (Å²) in [6, 6.07) is 2.46. The van der Waals surface area contributed by atoms with E-state index in [0.29, 0.717) is 10.2 Å². The molecule has 114 valence electrons. The SMILES string of the molecule is CCOC(=O)C(F)(F)[C@H](N)c1ccc(OC)c(Br)c1.Cl. The highest BCUT2D eigenvalue weighted by molar-refractivity contribution is 9.10. The lowest BCUT2D eigenvalue weighted by Crippen LogP contribution is -2.41. The van der Waals surface area contributed by atoms with E-state index in [2.05, 4.69) is 20.7 Å². The number of benzene rings is 1. The lowest BCUT2D eigenvalue weighted by molar-refractivity contribution is -0.174. The lowest BCUT2D eigenvalue weighted by atomic mass is 10.0. The van der Waals surface area contributed by atoms with Gasteiger partial charge in [0.2, 0.25) is 0 Å². The van der Waals surface area contributed by atoms with Gasteiger partial charge in [0.05, 0.1) is 18.2 Å². The molecule has 4 nitrogen and oxygen atoms in total. The molecular weight excluding hydrogens is 359 g/mol. The molecule has 8 heteroatoms. The van der Waals surface area contributed by atoms with Crippen molar-refractivity contribution in [1.82, 2.24) is 0 Å². The predicted octanol–water partition coefficient (Wildman–Crippen LogP) is 3.08. The number of methoxy groups -OCH3 is 1. The molecule has 0 aliphatic carbocycles. The molecule has 1 aromatic rings. The van der Waals surface area contributed by atoms with Crippen LogP contribution in [0.15, 0.2) is 22.7 Å². The monoisotopic (exact) mass is 373 g/mol. The number of rotatable bonds is 5. The minimum atomic E-state index is -3.79. The summed E-state index contributed by atoms with van der Waals surface area (Å²) in [7, 11) is 1.45. The molecule has 0 fully saturated rings. The largest absolute Gasteiger partial charge is 0.496 e. The molecule has 0 aliphatic heterocycles. The number of carbonyl (C=O) groups excluding carboxylic acids is 1. The van der Waals surface area contributed by atoms with Crippen molar-refractivity contribution in [2.24, 2.45) is 5.73 Å². The van der Waals surface area contributed by atoms with Gasteiger partial charge in [-0.1, -0.05) is 6.07 Å². The van der Waals surface area contributed by atoms with Gasteiger partial charge in [0, 0.05) is 0 Å². The summed E-state index contributed by atoms with van der Waals surface area (Å²) in [4.78, 5) is 11.2. The van der Waals surface area contributed by atoms with E-state index in [0.717, 1.165) is 0 Å². The molecule has 0 amide bonds.